The van der Waals surface area contributed by atoms with Gasteiger partial charge in [0.25, 0.3) is 0 Å². The lowest BCUT2D eigenvalue weighted by molar-refractivity contribution is 0.393. The lowest BCUT2D eigenvalue weighted by Gasteiger charge is -2.32. The number of nitriles is 1. The molecular formula is C13H16N2. The summed E-state index contributed by atoms with van der Waals surface area (Å²) in [6.45, 7) is 0. The predicted octanol–water partition coefficient (Wildman–Crippen LogP) is 3.32. The second-order valence-electron chi connectivity index (χ2n) is 4.25. The third kappa shape index (κ3) is 2.30. The predicted molar refractivity (Wildman–Crippen MR) is 61.5 cm³/mol. The maximum absolute atomic E-state index is 9.29. The van der Waals surface area contributed by atoms with Crippen molar-refractivity contribution in [2.45, 2.75) is 37.6 Å². The van der Waals surface area contributed by atoms with Crippen molar-refractivity contribution in [1.82, 2.24) is 0 Å². The van der Waals surface area contributed by atoms with Gasteiger partial charge in [0.15, 0.2) is 0 Å². The minimum absolute atomic E-state index is 0.320. The van der Waals surface area contributed by atoms with E-state index in [1.807, 2.05) is 30.3 Å². The highest BCUT2D eigenvalue weighted by Crippen LogP contribution is 2.30. The molecule has 2 heteroatoms. The zero-order valence-corrected chi connectivity index (χ0v) is 8.87. The molecule has 1 saturated carbocycles. The second kappa shape index (κ2) is 4.35. The van der Waals surface area contributed by atoms with Gasteiger partial charge in [-0.05, 0) is 25.0 Å². The van der Waals surface area contributed by atoms with Crippen molar-refractivity contribution < 1.29 is 0 Å². The number of hydrogen-bond acceptors (Lipinski definition) is 2. The molecule has 0 spiro atoms. The van der Waals surface area contributed by atoms with Crippen LogP contribution in [-0.2, 0) is 0 Å². The van der Waals surface area contributed by atoms with Crippen LogP contribution in [0.4, 0.5) is 5.69 Å². The summed E-state index contributed by atoms with van der Waals surface area (Å²) in [5.41, 5.74) is 0.737. The van der Waals surface area contributed by atoms with Crippen LogP contribution in [0.1, 0.15) is 32.1 Å². The fourth-order valence-corrected chi connectivity index (χ4v) is 2.22. The van der Waals surface area contributed by atoms with E-state index in [0.29, 0.717) is 0 Å². The Kier molecular flexibility index (Phi) is 2.91. The topological polar surface area (TPSA) is 35.8 Å². The average molecular weight is 200 g/mol. The van der Waals surface area contributed by atoms with Gasteiger partial charge in [0.2, 0.25) is 0 Å². The fraction of sp³-hybridized carbons (Fsp3) is 0.462. The third-order valence-corrected chi connectivity index (χ3v) is 3.08. The fourth-order valence-electron chi connectivity index (χ4n) is 2.22. The second-order valence-corrected chi connectivity index (χ2v) is 4.25. The van der Waals surface area contributed by atoms with Gasteiger partial charge in [0.05, 0.1) is 6.07 Å². The molecule has 0 aromatic heterocycles. The summed E-state index contributed by atoms with van der Waals surface area (Å²) in [5, 5.41) is 12.7. The molecule has 1 aliphatic rings. The molecule has 78 valence electrons. The lowest BCUT2D eigenvalue weighted by atomic mass is 9.82. The van der Waals surface area contributed by atoms with E-state index in [4.69, 9.17) is 0 Å². The Bertz CT molecular complexity index is 345. The molecule has 1 aliphatic carbocycles. The quantitative estimate of drug-likeness (QED) is 0.794. The minimum Gasteiger partial charge on any atom is -0.367 e. The van der Waals surface area contributed by atoms with Gasteiger partial charge in [0.1, 0.15) is 5.54 Å². The van der Waals surface area contributed by atoms with E-state index >= 15 is 0 Å². The Morgan fingerprint density at radius 2 is 1.73 bits per heavy atom. The van der Waals surface area contributed by atoms with E-state index in [2.05, 4.69) is 11.4 Å². The Morgan fingerprint density at radius 1 is 1.07 bits per heavy atom. The Balaban J connectivity index is 2.12. The first kappa shape index (κ1) is 10.0. The van der Waals surface area contributed by atoms with Crippen molar-refractivity contribution in [3.63, 3.8) is 0 Å². The summed E-state index contributed by atoms with van der Waals surface area (Å²) in [4.78, 5) is 0. The molecule has 1 aromatic rings. The van der Waals surface area contributed by atoms with Crippen LogP contribution < -0.4 is 5.32 Å². The molecule has 0 aliphatic heterocycles. The summed E-state index contributed by atoms with van der Waals surface area (Å²) >= 11 is 0. The van der Waals surface area contributed by atoms with Gasteiger partial charge < -0.3 is 5.32 Å². The van der Waals surface area contributed by atoms with E-state index in [1.54, 1.807) is 0 Å². The van der Waals surface area contributed by atoms with Crippen LogP contribution in [0.15, 0.2) is 30.3 Å². The number of anilines is 1. The van der Waals surface area contributed by atoms with E-state index in [-0.39, 0.29) is 5.54 Å². The third-order valence-electron chi connectivity index (χ3n) is 3.08. The molecule has 0 radical (unpaired) electrons. The molecule has 0 heterocycles. The molecule has 15 heavy (non-hydrogen) atoms. The molecule has 0 bridgehead atoms. The molecule has 0 saturated heterocycles. The van der Waals surface area contributed by atoms with Gasteiger partial charge in [-0.1, -0.05) is 37.5 Å². The smallest absolute Gasteiger partial charge is 0.125 e. The van der Waals surface area contributed by atoms with Crippen LogP contribution in [0.5, 0.6) is 0 Å². The van der Waals surface area contributed by atoms with Gasteiger partial charge >= 0.3 is 0 Å². The van der Waals surface area contributed by atoms with Crippen molar-refractivity contribution in [3.8, 4) is 6.07 Å². The maximum Gasteiger partial charge on any atom is 0.125 e. The Morgan fingerprint density at radius 3 is 2.33 bits per heavy atom. The van der Waals surface area contributed by atoms with Crippen LogP contribution in [0.2, 0.25) is 0 Å². The molecule has 1 aromatic carbocycles. The summed E-state index contributed by atoms with van der Waals surface area (Å²) in [6, 6.07) is 12.5. The Hall–Kier alpha value is -1.49. The highest BCUT2D eigenvalue weighted by molar-refractivity contribution is 5.47. The molecule has 0 unspecified atom stereocenters. The standard InChI is InChI=1S/C13H16N2/c14-11-13(9-5-2-6-10-13)15-12-7-3-1-4-8-12/h1,3-4,7-8,15H,2,5-6,9-10H2. The average Bonchev–Trinajstić information content (AvgIpc) is 2.32. The van der Waals surface area contributed by atoms with Gasteiger partial charge in [-0.3, -0.25) is 0 Å². The van der Waals surface area contributed by atoms with Crippen molar-refractivity contribution in [2.24, 2.45) is 0 Å². The number of hydrogen-bond donors (Lipinski definition) is 1. The molecular weight excluding hydrogens is 184 g/mol. The monoisotopic (exact) mass is 200 g/mol. The number of rotatable bonds is 2. The van der Waals surface area contributed by atoms with Crippen LogP contribution in [0.25, 0.3) is 0 Å². The molecule has 1 N–H and O–H groups in total. The SMILES string of the molecule is N#CC1(Nc2ccccc2)CCCCC1. The van der Waals surface area contributed by atoms with Gasteiger partial charge in [-0.25, -0.2) is 0 Å². The number of para-hydroxylation sites is 1. The van der Waals surface area contributed by atoms with Gasteiger partial charge in [0, 0.05) is 5.69 Å². The largest absolute Gasteiger partial charge is 0.367 e. The number of nitrogens with zero attached hydrogens (tertiary/aromatic N) is 1. The van der Waals surface area contributed by atoms with E-state index in [9.17, 15) is 5.26 Å². The van der Waals surface area contributed by atoms with Crippen molar-refractivity contribution >= 4 is 5.69 Å². The zero-order valence-electron chi connectivity index (χ0n) is 8.87. The summed E-state index contributed by atoms with van der Waals surface area (Å²) in [5.74, 6) is 0. The molecule has 2 rings (SSSR count). The number of nitrogens with one attached hydrogen (secondary N) is 1. The van der Waals surface area contributed by atoms with Crippen molar-refractivity contribution in [2.75, 3.05) is 5.32 Å². The first-order valence-electron chi connectivity index (χ1n) is 5.59. The maximum atomic E-state index is 9.29. The van der Waals surface area contributed by atoms with Crippen LogP contribution in [-0.4, -0.2) is 5.54 Å². The normalized spacial score (nSPS) is 19.1. The van der Waals surface area contributed by atoms with E-state index in [0.717, 1.165) is 31.4 Å². The minimum atomic E-state index is -0.320. The molecule has 0 amide bonds. The summed E-state index contributed by atoms with van der Waals surface area (Å²) in [7, 11) is 0. The summed E-state index contributed by atoms with van der Waals surface area (Å²) < 4.78 is 0. The highest BCUT2D eigenvalue weighted by Gasteiger charge is 2.31. The highest BCUT2D eigenvalue weighted by atomic mass is 15.0. The van der Waals surface area contributed by atoms with Gasteiger partial charge in [-0.15, -0.1) is 0 Å². The summed E-state index contributed by atoms with van der Waals surface area (Å²) in [6.07, 6.45) is 5.53. The van der Waals surface area contributed by atoms with E-state index in [1.165, 1.54) is 6.42 Å². The van der Waals surface area contributed by atoms with Crippen molar-refractivity contribution in [1.29, 1.82) is 5.26 Å². The molecule has 1 fully saturated rings. The molecule has 0 atom stereocenters. The van der Waals surface area contributed by atoms with Crippen LogP contribution in [0.3, 0.4) is 0 Å². The lowest BCUT2D eigenvalue weighted by Crippen LogP contribution is -2.38. The zero-order chi connectivity index (χ0) is 10.6. The van der Waals surface area contributed by atoms with Gasteiger partial charge in [-0.2, -0.15) is 5.26 Å². The molecule has 2 nitrogen and oxygen atoms in total. The Labute approximate surface area is 90.9 Å². The van der Waals surface area contributed by atoms with E-state index < -0.39 is 0 Å². The first-order chi connectivity index (χ1) is 7.35. The first-order valence-corrected chi connectivity index (χ1v) is 5.59. The van der Waals surface area contributed by atoms with Crippen LogP contribution in [0, 0.1) is 11.3 Å². The van der Waals surface area contributed by atoms with Crippen molar-refractivity contribution in [3.05, 3.63) is 30.3 Å². The van der Waals surface area contributed by atoms with Crippen LogP contribution >= 0.6 is 0 Å². The number of benzene rings is 1.